The highest BCUT2D eigenvalue weighted by molar-refractivity contribution is 5.95. The Morgan fingerprint density at radius 3 is 2.41 bits per heavy atom. The van der Waals surface area contributed by atoms with Crippen molar-refractivity contribution in [1.82, 2.24) is 5.16 Å². The minimum atomic E-state index is -0.633. The normalized spacial score (nSPS) is 11.0. The Balaban J connectivity index is 1.54. The molecule has 3 aromatic rings. The van der Waals surface area contributed by atoms with E-state index in [9.17, 15) is 9.59 Å². The van der Waals surface area contributed by atoms with Gasteiger partial charge in [-0.2, -0.15) is 0 Å². The third-order valence-corrected chi connectivity index (χ3v) is 3.92. The second-order valence-corrected chi connectivity index (χ2v) is 7.39. The number of benzene rings is 2. The van der Waals surface area contributed by atoms with Crippen LogP contribution < -0.4 is 10.1 Å². The molecule has 7 nitrogen and oxygen atoms in total. The summed E-state index contributed by atoms with van der Waals surface area (Å²) in [5, 5.41) is 6.43. The van der Waals surface area contributed by atoms with Crippen molar-refractivity contribution in [1.29, 1.82) is 0 Å². The molecule has 0 aliphatic heterocycles. The fourth-order valence-electron chi connectivity index (χ4n) is 2.39. The molecule has 1 heterocycles. The number of ether oxygens (including phenoxy) is 2. The fourth-order valence-corrected chi connectivity index (χ4v) is 2.39. The van der Waals surface area contributed by atoms with Gasteiger partial charge >= 0.3 is 5.97 Å². The highest BCUT2D eigenvalue weighted by atomic mass is 16.5. The van der Waals surface area contributed by atoms with Gasteiger partial charge in [-0.15, -0.1) is 0 Å². The number of nitrogens with one attached hydrogen (secondary N) is 1. The van der Waals surface area contributed by atoms with Gasteiger partial charge in [0, 0.05) is 11.5 Å². The number of para-hydroxylation sites is 1. The number of aromatic nitrogens is 1. The summed E-state index contributed by atoms with van der Waals surface area (Å²) in [6, 6.07) is 17.4. The molecule has 150 valence electrons. The van der Waals surface area contributed by atoms with Crippen molar-refractivity contribution in [2.75, 3.05) is 11.9 Å². The zero-order chi connectivity index (χ0) is 20.9. The number of hydrogen-bond donors (Lipinski definition) is 1. The van der Waals surface area contributed by atoms with Crippen molar-refractivity contribution >= 4 is 17.8 Å². The number of rotatable bonds is 6. The number of carbonyl (C=O) groups excluding carboxylic acids is 2. The number of esters is 1. The molecular weight excluding hydrogens is 372 g/mol. The Kier molecular flexibility index (Phi) is 5.97. The molecule has 1 amide bonds. The summed E-state index contributed by atoms with van der Waals surface area (Å²) in [7, 11) is 0. The number of amides is 1. The molecule has 1 aromatic heterocycles. The Bertz CT molecular complexity index is 990. The predicted molar refractivity (Wildman–Crippen MR) is 107 cm³/mol. The summed E-state index contributed by atoms with van der Waals surface area (Å²) in [6.45, 7) is 5.49. The SMILES string of the molecule is CC(C)(C)c1cc(NC(=O)COC(=O)c2cccc(Oc3ccccc3)c2)on1. The maximum atomic E-state index is 12.2. The zero-order valence-corrected chi connectivity index (χ0v) is 16.5. The molecule has 0 spiro atoms. The monoisotopic (exact) mass is 394 g/mol. The standard InChI is InChI=1S/C22H22N2O5/c1-22(2,3)18-13-20(29-24-18)23-19(25)14-27-21(26)15-8-7-11-17(12-15)28-16-9-5-4-6-10-16/h4-13H,14H2,1-3H3,(H,23,25). The summed E-state index contributed by atoms with van der Waals surface area (Å²) in [5.41, 5.74) is 0.784. The van der Waals surface area contributed by atoms with E-state index in [-0.39, 0.29) is 16.9 Å². The fraction of sp³-hybridized carbons (Fsp3) is 0.227. The Hall–Kier alpha value is -3.61. The van der Waals surface area contributed by atoms with Gasteiger partial charge in [0.1, 0.15) is 11.5 Å². The second kappa shape index (κ2) is 8.60. The van der Waals surface area contributed by atoms with E-state index in [1.165, 1.54) is 0 Å². The Morgan fingerprint density at radius 1 is 1.00 bits per heavy atom. The first kappa shape index (κ1) is 20.1. The van der Waals surface area contributed by atoms with Crippen molar-refractivity contribution < 1.29 is 23.6 Å². The molecule has 7 heteroatoms. The van der Waals surface area contributed by atoms with Gasteiger partial charge in [-0.05, 0) is 30.3 Å². The van der Waals surface area contributed by atoms with Crippen LogP contribution in [0.2, 0.25) is 0 Å². The first-order chi connectivity index (χ1) is 13.8. The molecule has 0 fully saturated rings. The largest absolute Gasteiger partial charge is 0.457 e. The lowest BCUT2D eigenvalue weighted by atomic mass is 9.92. The van der Waals surface area contributed by atoms with Gasteiger partial charge in [0.05, 0.1) is 11.3 Å². The van der Waals surface area contributed by atoms with Crippen LogP contribution in [0.25, 0.3) is 0 Å². The van der Waals surface area contributed by atoms with Gasteiger partial charge in [0.2, 0.25) is 5.88 Å². The van der Waals surface area contributed by atoms with Crippen molar-refractivity contribution in [3.63, 3.8) is 0 Å². The van der Waals surface area contributed by atoms with Gasteiger partial charge in [0.15, 0.2) is 6.61 Å². The van der Waals surface area contributed by atoms with Gasteiger partial charge in [-0.1, -0.05) is 50.2 Å². The van der Waals surface area contributed by atoms with E-state index in [0.29, 0.717) is 17.2 Å². The van der Waals surface area contributed by atoms with Gasteiger partial charge in [-0.3, -0.25) is 10.1 Å². The van der Waals surface area contributed by atoms with Crippen molar-refractivity contribution in [3.05, 3.63) is 71.9 Å². The first-order valence-electron chi connectivity index (χ1n) is 9.08. The van der Waals surface area contributed by atoms with E-state index in [1.807, 2.05) is 51.1 Å². The lowest BCUT2D eigenvalue weighted by Gasteiger charge is -2.12. The zero-order valence-electron chi connectivity index (χ0n) is 16.5. The third kappa shape index (κ3) is 5.68. The topological polar surface area (TPSA) is 90.7 Å². The summed E-state index contributed by atoms with van der Waals surface area (Å²) in [4.78, 5) is 24.3. The molecule has 0 saturated carbocycles. The van der Waals surface area contributed by atoms with Crippen LogP contribution in [-0.4, -0.2) is 23.6 Å². The maximum absolute atomic E-state index is 12.2. The average molecular weight is 394 g/mol. The summed E-state index contributed by atoms with van der Waals surface area (Å²) < 4.78 is 15.9. The van der Waals surface area contributed by atoms with E-state index >= 15 is 0 Å². The van der Waals surface area contributed by atoms with E-state index in [4.69, 9.17) is 14.0 Å². The molecule has 0 radical (unpaired) electrons. The van der Waals surface area contributed by atoms with Crippen LogP contribution in [0, 0.1) is 0 Å². The molecule has 3 rings (SSSR count). The number of carbonyl (C=O) groups is 2. The van der Waals surface area contributed by atoms with Crippen LogP contribution in [0.15, 0.2) is 65.2 Å². The summed E-state index contributed by atoms with van der Waals surface area (Å²) in [5.74, 6) is 0.193. The quantitative estimate of drug-likeness (QED) is 0.617. The highest BCUT2D eigenvalue weighted by Crippen LogP contribution is 2.24. The lowest BCUT2D eigenvalue weighted by molar-refractivity contribution is -0.119. The Morgan fingerprint density at radius 2 is 1.72 bits per heavy atom. The smallest absolute Gasteiger partial charge is 0.338 e. The Labute approximate surface area is 168 Å². The second-order valence-electron chi connectivity index (χ2n) is 7.39. The first-order valence-corrected chi connectivity index (χ1v) is 9.08. The molecule has 0 saturated heterocycles. The average Bonchev–Trinajstić information content (AvgIpc) is 3.16. The van der Waals surface area contributed by atoms with E-state index in [0.717, 1.165) is 0 Å². The number of nitrogens with zero attached hydrogens (tertiary/aromatic N) is 1. The van der Waals surface area contributed by atoms with Crippen LogP contribution >= 0.6 is 0 Å². The van der Waals surface area contributed by atoms with Crippen molar-refractivity contribution in [2.45, 2.75) is 26.2 Å². The highest BCUT2D eigenvalue weighted by Gasteiger charge is 2.20. The predicted octanol–water partition coefficient (Wildman–Crippen LogP) is 4.56. The van der Waals surface area contributed by atoms with Crippen LogP contribution in [-0.2, 0) is 14.9 Å². The van der Waals surface area contributed by atoms with Crippen LogP contribution in [0.4, 0.5) is 5.88 Å². The van der Waals surface area contributed by atoms with E-state index in [2.05, 4.69) is 10.5 Å². The van der Waals surface area contributed by atoms with Crippen LogP contribution in [0.1, 0.15) is 36.8 Å². The van der Waals surface area contributed by atoms with Gasteiger partial charge in [0.25, 0.3) is 5.91 Å². The van der Waals surface area contributed by atoms with Gasteiger partial charge in [-0.25, -0.2) is 4.79 Å². The third-order valence-electron chi connectivity index (χ3n) is 3.92. The molecule has 0 aliphatic rings. The minimum Gasteiger partial charge on any atom is -0.457 e. The van der Waals surface area contributed by atoms with E-state index < -0.39 is 18.5 Å². The van der Waals surface area contributed by atoms with Crippen molar-refractivity contribution in [3.8, 4) is 11.5 Å². The molecule has 0 aliphatic carbocycles. The number of anilines is 1. The molecular formula is C22H22N2O5. The molecule has 0 atom stereocenters. The van der Waals surface area contributed by atoms with E-state index in [1.54, 1.807) is 30.3 Å². The molecule has 2 aromatic carbocycles. The molecule has 0 unspecified atom stereocenters. The molecule has 29 heavy (non-hydrogen) atoms. The molecule has 1 N–H and O–H groups in total. The van der Waals surface area contributed by atoms with Gasteiger partial charge < -0.3 is 14.0 Å². The number of hydrogen-bond acceptors (Lipinski definition) is 6. The van der Waals surface area contributed by atoms with Crippen molar-refractivity contribution in [2.24, 2.45) is 0 Å². The maximum Gasteiger partial charge on any atom is 0.338 e. The lowest BCUT2D eigenvalue weighted by Crippen LogP contribution is -2.20. The molecule has 0 bridgehead atoms. The summed E-state index contributed by atoms with van der Waals surface area (Å²) >= 11 is 0. The van der Waals surface area contributed by atoms with Crippen LogP contribution in [0.3, 0.4) is 0 Å². The van der Waals surface area contributed by atoms with Crippen LogP contribution in [0.5, 0.6) is 11.5 Å². The minimum absolute atomic E-state index is 0.203. The summed E-state index contributed by atoms with van der Waals surface area (Å²) in [6.07, 6.45) is 0.